The molecule has 1 unspecified atom stereocenters. The summed E-state index contributed by atoms with van der Waals surface area (Å²) in [6, 6.07) is 5.32. The van der Waals surface area contributed by atoms with E-state index in [0.717, 1.165) is 0 Å². The molecular weight excluding hydrogens is 321 g/mol. The molecule has 1 fully saturated rings. The Balaban J connectivity index is 1.91. The maximum absolute atomic E-state index is 13.1. The van der Waals surface area contributed by atoms with Crippen molar-refractivity contribution in [2.24, 2.45) is 0 Å². The van der Waals surface area contributed by atoms with Gasteiger partial charge in [-0.25, -0.2) is 12.8 Å². The zero-order valence-electron chi connectivity index (χ0n) is 13.3. The second-order valence-electron chi connectivity index (χ2n) is 5.51. The van der Waals surface area contributed by atoms with Crippen LogP contribution in [0.3, 0.4) is 0 Å². The van der Waals surface area contributed by atoms with E-state index in [1.165, 1.54) is 22.5 Å². The molecule has 1 aromatic carbocycles. The van der Waals surface area contributed by atoms with Crippen LogP contribution >= 0.6 is 0 Å². The van der Waals surface area contributed by atoms with Gasteiger partial charge >= 0.3 is 0 Å². The minimum Gasteiger partial charge on any atom is -0.325 e. The third kappa shape index (κ3) is 4.49. The van der Waals surface area contributed by atoms with Crippen LogP contribution in [0.4, 0.5) is 10.1 Å². The van der Waals surface area contributed by atoms with Gasteiger partial charge in [0.25, 0.3) is 0 Å². The van der Waals surface area contributed by atoms with Crippen LogP contribution in [0.15, 0.2) is 24.3 Å². The number of hydrogen-bond donors (Lipinski definition) is 1. The minimum absolute atomic E-state index is 0.0859. The normalized spacial score (nSPS) is 18.6. The first kappa shape index (κ1) is 17.8. The number of anilines is 1. The highest BCUT2D eigenvalue weighted by Gasteiger charge is 2.29. The summed E-state index contributed by atoms with van der Waals surface area (Å²) in [5.74, 6) is -0.556. The Morgan fingerprint density at radius 2 is 1.96 bits per heavy atom. The first-order chi connectivity index (χ1) is 10.8. The van der Waals surface area contributed by atoms with Gasteiger partial charge in [-0.2, -0.15) is 4.31 Å². The van der Waals surface area contributed by atoms with Gasteiger partial charge < -0.3 is 5.32 Å². The fourth-order valence-corrected chi connectivity index (χ4v) is 3.62. The van der Waals surface area contributed by atoms with Gasteiger partial charge in [-0.15, -0.1) is 0 Å². The van der Waals surface area contributed by atoms with Crippen molar-refractivity contribution in [2.75, 3.05) is 37.2 Å². The second-order valence-corrected chi connectivity index (χ2v) is 7.77. The molecule has 1 heterocycles. The van der Waals surface area contributed by atoms with Crippen LogP contribution in [0, 0.1) is 5.82 Å². The number of sulfonamides is 1. The van der Waals surface area contributed by atoms with Gasteiger partial charge in [0.1, 0.15) is 5.82 Å². The van der Waals surface area contributed by atoms with Crippen molar-refractivity contribution in [3.63, 3.8) is 0 Å². The van der Waals surface area contributed by atoms with E-state index in [1.807, 2.05) is 4.90 Å². The molecule has 0 aliphatic carbocycles. The van der Waals surface area contributed by atoms with Crippen molar-refractivity contribution in [3.8, 4) is 0 Å². The van der Waals surface area contributed by atoms with Crippen molar-refractivity contribution < 1.29 is 17.6 Å². The van der Waals surface area contributed by atoms with Crippen molar-refractivity contribution >= 4 is 21.6 Å². The van der Waals surface area contributed by atoms with Crippen molar-refractivity contribution in [1.29, 1.82) is 0 Å². The molecule has 1 saturated heterocycles. The number of amides is 1. The summed E-state index contributed by atoms with van der Waals surface area (Å²) < 4.78 is 38.3. The zero-order valence-corrected chi connectivity index (χ0v) is 14.1. The predicted octanol–water partition coefficient (Wildman–Crippen LogP) is 1.12. The molecule has 0 aromatic heterocycles. The molecule has 1 aromatic rings. The Morgan fingerprint density at radius 1 is 1.30 bits per heavy atom. The summed E-state index contributed by atoms with van der Waals surface area (Å²) in [6.45, 7) is 5.14. The molecule has 0 radical (unpaired) electrons. The van der Waals surface area contributed by atoms with Crippen molar-refractivity contribution in [1.82, 2.24) is 9.21 Å². The number of hydrogen-bond acceptors (Lipinski definition) is 4. The molecule has 128 valence electrons. The lowest BCUT2D eigenvalue weighted by Crippen LogP contribution is -2.54. The van der Waals surface area contributed by atoms with Crippen LogP contribution in [0.2, 0.25) is 0 Å². The fourth-order valence-electron chi connectivity index (χ4n) is 2.53. The van der Waals surface area contributed by atoms with E-state index in [2.05, 4.69) is 5.32 Å². The molecule has 1 aliphatic heterocycles. The molecule has 8 heteroatoms. The monoisotopic (exact) mass is 343 g/mol. The molecule has 1 N–H and O–H groups in total. The molecule has 1 aliphatic rings. The first-order valence-electron chi connectivity index (χ1n) is 7.62. The zero-order chi connectivity index (χ0) is 17.0. The molecule has 6 nitrogen and oxygen atoms in total. The number of nitrogens with one attached hydrogen (secondary N) is 1. The van der Waals surface area contributed by atoms with Crippen LogP contribution in [-0.4, -0.2) is 61.5 Å². The standard InChI is InChI=1S/C15H22FN3O3S/c1-3-23(21,22)19-9-7-18(8-10-19)12(2)15(20)17-14-6-4-5-13(16)11-14/h4-6,11-12H,3,7-10H2,1-2H3,(H,17,20). The molecule has 1 amide bonds. The third-order valence-electron chi connectivity index (χ3n) is 4.05. The Labute approximate surface area is 136 Å². The topological polar surface area (TPSA) is 69.7 Å². The Kier molecular flexibility index (Phi) is 5.72. The van der Waals surface area contributed by atoms with Gasteiger partial charge in [-0.1, -0.05) is 6.07 Å². The van der Waals surface area contributed by atoms with E-state index in [1.54, 1.807) is 19.9 Å². The van der Waals surface area contributed by atoms with Gasteiger partial charge in [0.05, 0.1) is 11.8 Å². The van der Waals surface area contributed by atoms with E-state index in [0.29, 0.717) is 31.9 Å². The Bertz CT molecular complexity index is 658. The number of carbonyl (C=O) groups is 1. The summed E-state index contributed by atoms with van der Waals surface area (Å²) in [5, 5.41) is 2.68. The first-order valence-corrected chi connectivity index (χ1v) is 9.22. The molecule has 23 heavy (non-hydrogen) atoms. The summed E-state index contributed by atoms with van der Waals surface area (Å²) in [6.07, 6.45) is 0. The third-order valence-corrected chi connectivity index (χ3v) is 5.93. The predicted molar refractivity (Wildman–Crippen MR) is 87.1 cm³/mol. The van der Waals surface area contributed by atoms with E-state index >= 15 is 0 Å². The maximum Gasteiger partial charge on any atom is 0.241 e. The van der Waals surface area contributed by atoms with E-state index < -0.39 is 21.9 Å². The van der Waals surface area contributed by atoms with Crippen molar-refractivity contribution in [2.45, 2.75) is 19.9 Å². The Hall–Kier alpha value is -1.51. The highest BCUT2D eigenvalue weighted by Crippen LogP contribution is 2.14. The molecule has 2 rings (SSSR count). The van der Waals surface area contributed by atoms with E-state index in [-0.39, 0.29) is 11.7 Å². The lowest BCUT2D eigenvalue weighted by molar-refractivity contribution is -0.121. The Morgan fingerprint density at radius 3 is 2.52 bits per heavy atom. The van der Waals surface area contributed by atoms with Crippen LogP contribution in [0.25, 0.3) is 0 Å². The highest BCUT2D eigenvalue weighted by atomic mass is 32.2. The van der Waals surface area contributed by atoms with Gasteiger partial charge in [0.2, 0.25) is 15.9 Å². The van der Waals surface area contributed by atoms with Gasteiger partial charge in [0.15, 0.2) is 0 Å². The summed E-state index contributed by atoms with van der Waals surface area (Å²) in [4.78, 5) is 14.2. The summed E-state index contributed by atoms with van der Waals surface area (Å²) in [5.41, 5.74) is 0.411. The maximum atomic E-state index is 13.1. The number of carbonyl (C=O) groups excluding carboxylic acids is 1. The molecular formula is C15H22FN3O3S. The molecule has 0 spiro atoms. The van der Waals surface area contributed by atoms with Crippen LogP contribution < -0.4 is 5.32 Å². The fraction of sp³-hybridized carbons (Fsp3) is 0.533. The van der Waals surface area contributed by atoms with Crippen LogP contribution in [0.5, 0.6) is 0 Å². The smallest absolute Gasteiger partial charge is 0.241 e. The molecule has 1 atom stereocenters. The quantitative estimate of drug-likeness (QED) is 0.870. The van der Waals surface area contributed by atoms with Gasteiger partial charge in [-0.05, 0) is 32.0 Å². The second kappa shape index (κ2) is 7.37. The van der Waals surface area contributed by atoms with Crippen molar-refractivity contribution in [3.05, 3.63) is 30.1 Å². The minimum atomic E-state index is -3.18. The largest absolute Gasteiger partial charge is 0.325 e. The highest BCUT2D eigenvalue weighted by molar-refractivity contribution is 7.89. The number of rotatable bonds is 5. The van der Waals surface area contributed by atoms with E-state index in [9.17, 15) is 17.6 Å². The SMILES string of the molecule is CCS(=O)(=O)N1CCN(C(C)C(=O)Nc2cccc(F)c2)CC1. The van der Waals surface area contributed by atoms with Gasteiger partial charge in [0, 0.05) is 31.9 Å². The number of piperazine rings is 1. The average Bonchev–Trinajstić information content (AvgIpc) is 2.54. The lowest BCUT2D eigenvalue weighted by atomic mass is 10.2. The van der Waals surface area contributed by atoms with Gasteiger partial charge in [-0.3, -0.25) is 9.69 Å². The number of halogens is 1. The van der Waals surface area contributed by atoms with E-state index in [4.69, 9.17) is 0 Å². The summed E-state index contributed by atoms with van der Waals surface area (Å²) >= 11 is 0. The number of nitrogens with zero attached hydrogens (tertiary/aromatic N) is 2. The number of benzene rings is 1. The molecule has 0 bridgehead atoms. The molecule has 0 saturated carbocycles. The van der Waals surface area contributed by atoms with Crippen LogP contribution in [-0.2, 0) is 14.8 Å². The summed E-state index contributed by atoms with van der Waals surface area (Å²) in [7, 11) is -3.18. The lowest BCUT2D eigenvalue weighted by Gasteiger charge is -2.36. The average molecular weight is 343 g/mol. The van der Waals surface area contributed by atoms with Crippen LogP contribution in [0.1, 0.15) is 13.8 Å².